The highest BCUT2D eigenvalue weighted by Gasteiger charge is 2.33. The number of rotatable bonds is 11. The fourth-order valence-corrected chi connectivity index (χ4v) is 6.88. The topological polar surface area (TPSA) is 96.0 Å². The van der Waals surface area contributed by atoms with Crippen molar-refractivity contribution in [2.24, 2.45) is 0 Å². The molecule has 1 aliphatic rings. The third kappa shape index (κ3) is 8.09. The molecule has 1 N–H and O–H groups in total. The molecule has 0 saturated heterocycles. The molecule has 4 rings (SSSR count). The predicted molar refractivity (Wildman–Crippen MR) is 170 cm³/mol. The average molecular weight is 626 g/mol. The maximum absolute atomic E-state index is 14.2. The lowest BCUT2D eigenvalue weighted by Crippen LogP contribution is -2.53. The van der Waals surface area contributed by atoms with Crippen LogP contribution in [-0.2, 0) is 26.2 Å². The number of carbonyl (C=O) groups is 2. The highest BCUT2D eigenvalue weighted by molar-refractivity contribution is 7.92. The number of methoxy groups -OCH3 is 1. The highest BCUT2D eigenvalue weighted by atomic mass is 35.5. The molecule has 1 unspecified atom stereocenters. The molecule has 2 amide bonds. The summed E-state index contributed by atoms with van der Waals surface area (Å²) in [5.74, 6) is -0.402. The number of hydrogen-bond donors (Lipinski definition) is 1. The number of benzene rings is 3. The molecule has 0 bridgehead atoms. The van der Waals surface area contributed by atoms with E-state index in [1.54, 1.807) is 31.2 Å². The van der Waals surface area contributed by atoms with Crippen molar-refractivity contribution in [1.29, 1.82) is 0 Å². The summed E-state index contributed by atoms with van der Waals surface area (Å²) in [6.07, 6.45) is 5.08. The van der Waals surface area contributed by atoms with Crippen LogP contribution in [0.25, 0.3) is 0 Å². The van der Waals surface area contributed by atoms with E-state index in [-0.39, 0.29) is 34.1 Å². The zero-order valence-corrected chi connectivity index (χ0v) is 26.7. The quantitative estimate of drug-likeness (QED) is 0.281. The minimum Gasteiger partial charge on any atom is -0.495 e. The van der Waals surface area contributed by atoms with Gasteiger partial charge in [0.2, 0.25) is 11.8 Å². The Balaban J connectivity index is 1.70. The summed E-state index contributed by atoms with van der Waals surface area (Å²) in [6.45, 7) is 5.13. The minimum absolute atomic E-state index is 0.0333. The second-order valence-electron chi connectivity index (χ2n) is 11.2. The van der Waals surface area contributed by atoms with Gasteiger partial charge in [-0.1, -0.05) is 78.4 Å². The van der Waals surface area contributed by atoms with Gasteiger partial charge in [-0.05, 0) is 69.5 Å². The SMILES string of the molecule is COc1ccc(N(CC(=O)N(Cc2ccc(C)cc2)C(C)C(=O)NC2CCCCC2)S(=O)(=O)c2ccc(C)cc2)cc1Cl. The molecule has 0 heterocycles. The van der Waals surface area contributed by atoms with Gasteiger partial charge in [0, 0.05) is 12.6 Å². The van der Waals surface area contributed by atoms with E-state index >= 15 is 0 Å². The number of aryl methyl sites for hydroxylation is 2. The van der Waals surface area contributed by atoms with Crippen molar-refractivity contribution < 1.29 is 22.7 Å². The molecule has 0 spiro atoms. The van der Waals surface area contributed by atoms with Crippen molar-refractivity contribution in [2.75, 3.05) is 18.0 Å². The lowest BCUT2D eigenvalue weighted by atomic mass is 9.95. The smallest absolute Gasteiger partial charge is 0.264 e. The minimum atomic E-state index is -4.20. The van der Waals surface area contributed by atoms with Gasteiger partial charge in [-0.3, -0.25) is 13.9 Å². The van der Waals surface area contributed by atoms with Crippen molar-refractivity contribution in [3.8, 4) is 5.75 Å². The zero-order chi connectivity index (χ0) is 31.1. The summed E-state index contributed by atoms with van der Waals surface area (Å²) >= 11 is 6.40. The van der Waals surface area contributed by atoms with Crippen molar-refractivity contribution in [2.45, 2.75) is 76.4 Å². The van der Waals surface area contributed by atoms with Gasteiger partial charge in [-0.2, -0.15) is 0 Å². The third-order valence-corrected chi connectivity index (χ3v) is 9.99. The Labute approximate surface area is 260 Å². The van der Waals surface area contributed by atoms with Gasteiger partial charge in [0.25, 0.3) is 10.0 Å². The van der Waals surface area contributed by atoms with E-state index < -0.39 is 28.5 Å². The maximum atomic E-state index is 14.2. The molecule has 1 aliphatic carbocycles. The Morgan fingerprint density at radius 2 is 1.56 bits per heavy atom. The Bertz CT molecular complexity index is 1520. The molecule has 230 valence electrons. The van der Waals surface area contributed by atoms with Crippen LogP contribution >= 0.6 is 11.6 Å². The lowest BCUT2D eigenvalue weighted by Gasteiger charge is -2.33. The number of amides is 2. The highest BCUT2D eigenvalue weighted by Crippen LogP contribution is 2.32. The Morgan fingerprint density at radius 1 is 0.953 bits per heavy atom. The van der Waals surface area contributed by atoms with Crippen molar-refractivity contribution in [3.63, 3.8) is 0 Å². The molecular weight excluding hydrogens is 586 g/mol. The normalized spacial score (nSPS) is 14.5. The van der Waals surface area contributed by atoms with E-state index in [2.05, 4.69) is 5.32 Å². The molecule has 3 aromatic carbocycles. The van der Waals surface area contributed by atoms with Gasteiger partial charge in [0.1, 0.15) is 18.3 Å². The van der Waals surface area contributed by atoms with Gasteiger partial charge >= 0.3 is 0 Å². The third-order valence-electron chi connectivity index (χ3n) is 7.90. The van der Waals surface area contributed by atoms with Crippen LogP contribution < -0.4 is 14.4 Å². The van der Waals surface area contributed by atoms with Crippen LogP contribution in [-0.4, -0.2) is 50.9 Å². The zero-order valence-electron chi connectivity index (χ0n) is 25.2. The van der Waals surface area contributed by atoms with E-state index in [1.807, 2.05) is 38.1 Å². The first kappa shape index (κ1) is 32.4. The molecule has 0 aromatic heterocycles. The summed E-state index contributed by atoms with van der Waals surface area (Å²) in [5, 5.41) is 3.32. The van der Waals surface area contributed by atoms with Crippen LogP contribution in [0.1, 0.15) is 55.7 Å². The van der Waals surface area contributed by atoms with Crippen molar-refractivity contribution in [3.05, 3.63) is 88.4 Å². The summed E-state index contributed by atoms with van der Waals surface area (Å²) in [7, 11) is -2.73. The Morgan fingerprint density at radius 3 is 2.14 bits per heavy atom. The van der Waals surface area contributed by atoms with Crippen LogP contribution in [0.3, 0.4) is 0 Å². The summed E-state index contributed by atoms with van der Waals surface area (Å²) in [5.41, 5.74) is 3.00. The van der Waals surface area contributed by atoms with Crippen molar-refractivity contribution in [1.82, 2.24) is 10.2 Å². The van der Waals surface area contributed by atoms with Crippen LogP contribution in [0, 0.1) is 13.8 Å². The number of ether oxygens (including phenoxy) is 1. The number of hydrogen-bond acceptors (Lipinski definition) is 5. The van der Waals surface area contributed by atoms with Crippen LogP contribution in [0.2, 0.25) is 5.02 Å². The van der Waals surface area contributed by atoms with Crippen LogP contribution in [0.15, 0.2) is 71.6 Å². The fourth-order valence-electron chi connectivity index (χ4n) is 5.22. The Hall–Kier alpha value is -3.56. The standard InChI is InChI=1S/C33H40ClN3O5S/c1-23-10-14-26(15-11-23)21-36(25(3)33(39)35-27-8-6-5-7-9-27)32(38)22-37(28-16-19-31(42-4)30(34)20-28)43(40,41)29-17-12-24(2)13-18-29/h10-20,25,27H,5-9,21-22H2,1-4H3,(H,35,39). The van der Waals surface area contributed by atoms with Gasteiger partial charge in [-0.25, -0.2) is 8.42 Å². The number of carbonyl (C=O) groups excluding carboxylic acids is 2. The molecule has 10 heteroatoms. The molecule has 0 radical (unpaired) electrons. The molecular formula is C33H40ClN3O5S. The van der Waals surface area contributed by atoms with Crippen molar-refractivity contribution >= 4 is 39.1 Å². The number of sulfonamides is 1. The predicted octanol–water partition coefficient (Wildman–Crippen LogP) is 6.03. The van der Waals surface area contributed by atoms with Crippen LogP contribution in [0.4, 0.5) is 5.69 Å². The first-order valence-corrected chi connectivity index (χ1v) is 16.4. The van der Waals surface area contributed by atoms with E-state index in [9.17, 15) is 18.0 Å². The average Bonchev–Trinajstić information content (AvgIpc) is 2.99. The molecule has 43 heavy (non-hydrogen) atoms. The fraction of sp³-hybridized carbons (Fsp3) is 0.394. The number of nitrogens with zero attached hydrogens (tertiary/aromatic N) is 2. The van der Waals surface area contributed by atoms with E-state index in [1.165, 1.54) is 30.2 Å². The summed E-state index contributed by atoms with van der Waals surface area (Å²) in [4.78, 5) is 29.1. The largest absolute Gasteiger partial charge is 0.495 e. The van der Waals surface area contributed by atoms with Crippen LogP contribution in [0.5, 0.6) is 5.75 Å². The monoisotopic (exact) mass is 625 g/mol. The molecule has 1 saturated carbocycles. The van der Waals surface area contributed by atoms with Gasteiger partial charge in [0.15, 0.2) is 0 Å². The molecule has 1 fully saturated rings. The first-order valence-electron chi connectivity index (χ1n) is 14.6. The molecule has 3 aromatic rings. The van der Waals surface area contributed by atoms with E-state index in [0.717, 1.165) is 53.1 Å². The summed E-state index contributed by atoms with van der Waals surface area (Å²) < 4.78 is 34.4. The van der Waals surface area contributed by atoms with Gasteiger partial charge in [-0.15, -0.1) is 0 Å². The second-order valence-corrected chi connectivity index (χ2v) is 13.4. The molecule has 0 aliphatic heterocycles. The molecule has 8 nitrogen and oxygen atoms in total. The number of halogens is 1. The lowest BCUT2D eigenvalue weighted by molar-refractivity contribution is -0.139. The Kier molecular flexibility index (Phi) is 10.7. The number of nitrogens with one attached hydrogen (secondary N) is 1. The van der Waals surface area contributed by atoms with Gasteiger partial charge in [0.05, 0.1) is 22.7 Å². The van der Waals surface area contributed by atoms with E-state index in [0.29, 0.717) is 5.75 Å². The van der Waals surface area contributed by atoms with Gasteiger partial charge < -0.3 is 15.0 Å². The second kappa shape index (κ2) is 14.3. The maximum Gasteiger partial charge on any atom is 0.264 e. The molecule has 1 atom stereocenters. The van der Waals surface area contributed by atoms with E-state index in [4.69, 9.17) is 16.3 Å². The first-order chi connectivity index (χ1) is 20.5. The summed E-state index contributed by atoms with van der Waals surface area (Å²) in [6, 6.07) is 17.9. The number of anilines is 1.